The molecule has 0 nitrogen and oxygen atoms in total. The second kappa shape index (κ2) is 1.92. The van der Waals surface area contributed by atoms with Crippen molar-refractivity contribution in [3.63, 3.8) is 0 Å². The van der Waals surface area contributed by atoms with Gasteiger partial charge in [0.2, 0.25) is 0 Å². The highest BCUT2D eigenvalue weighted by Gasteiger charge is 2.13. The van der Waals surface area contributed by atoms with Crippen molar-refractivity contribution in [2.45, 2.75) is 32.1 Å². The van der Waals surface area contributed by atoms with E-state index >= 15 is 0 Å². The summed E-state index contributed by atoms with van der Waals surface area (Å²) in [6, 6.07) is 0. The molecule has 0 atom stereocenters. The first-order chi connectivity index (χ1) is 4.47. The van der Waals surface area contributed by atoms with Crippen LogP contribution < -0.4 is 0 Å². The summed E-state index contributed by atoms with van der Waals surface area (Å²) >= 11 is 0. The fraction of sp³-hybridized carbons (Fsp3) is 0.556. The third-order valence-corrected chi connectivity index (χ3v) is 2.12. The number of hydrogen-bond acceptors (Lipinski definition) is 0. The Labute approximate surface area is 56.0 Å². The predicted octanol–water partition coefficient (Wildman–Crippen LogP) is 2.26. The van der Waals surface area contributed by atoms with E-state index in [2.05, 4.69) is 11.8 Å². The Hall–Kier alpha value is -0.700. The maximum atomic E-state index is 3.21. The third kappa shape index (κ3) is 0.772. The van der Waals surface area contributed by atoms with E-state index in [0.717, 1.165) is 6.42 Å². The molecule has 9 heavy (non-hydrogen) atoms. The van der Waals surface area contributed by atoms with Gasteiger partial charge in [0.05, 0.1) is 0 Å². The summed E-state index contributed by atoms with van der Waals surface area (Å²) in [6.07, 6.45) is 6.34. The third-order valence-electron chi connectivity index (χ3n) is 2.12. The van der Waals surface area contributed by atoms with Crippen LogP contribution in [0.5, 0.6) is 0 Å². The first kappa shape index (κ1) is 5.11. The van der Waals surface area contributed by atoms with E-state index in [0.29, 0.717) is 0 Å². The van der Waals surface area contributed by atoms with Gasteiger partial charge in [-0.25, -0.2) is 0 Å². The Balaban J connectivity index is 2.33. The molecule has 2 aliphatic rings. The lowest BCUT2D eigenvalue weighted by atomic mass is 10.0. The normalized spacial score (nSPS) is 23.1. The zero-order valence-corrected chi connectivity index (χ0v) is 5.54. The molecule has 0 aromatic rings. The molecule has 2 rings (SSSR count). The van der Waals surface area contributed by atoms with Crippen LogP contribution in [0, 0.1) is 11.8 Å². The van der Waals surface area contributed by atoms with Crippen molar-refractivity contribution >= 4 is 0 Å². The Kier molecular flexibility index (Phi) is 1.09. The zero-order valence-electron chi connectivity index (χ0n) is 5.54. The molecular weight excluding hydrogens is 108 g/mol. The molecule has 0 N–H and O–H groups in total. The maximum absolute atomic E-state index is 3.21. The van der Waals surface area contributed by atoms with Gasteiger partial charge in [-0.2, -0.15) is 0 Å². The van der Waals surface area contributed by atoms with E-state index in [1.807, 2.05) is 0 Å². The number of hydrogen-bond donors (Lipinski definition) is 0. The molecule has 0 heterocycles. The van der Waals surface area contributed by atoms with Crippen LogP contribution in [0.3, 0.4) is 0 Å². The second-order valence-electron chi connectivity index (χ2n) is 2.74. The molecule has 0 unspecified atom stereocenters. The molecule has 46 valence electrons. The van der Waals surface area contributed by atoms with Gasteiger partial charge in [-0.15, -0.1) is 0 Å². The highest BCUT2D eigenvalue weighted by atomic mass is 14.2. The second-order valence-corrected chi connectivity index (χ2v) is 2.74. The van der Waals surface area contributed by atoms with Crippen molar-refractivity contribution < 1.29 is 0 Å². The summed E-state index contributed by atoms with van der Waals surface area (Å²) in [4.78, 5) is 0. The molecule has 0 saturated heterocycles. The van der Waals surface area contributed by atoms with Gasteiger partial charge in [-0.3, -0.25) is 0 Å². The largest absolute Gasteiger partial charge is 0.0979 e. The summed E-state index contributed by atoms with van der Waals surface area (Å²) in [6.45, 7) is 0. The van der Waals surface area contributed by atoms with Gasteiger partial charge in [-0.05, 0) is 25.7 Å². The minimum Gasteiger partial charge on any atom is -0.0979 e. The fourth-order valence-electron chi connectivity index (χ4n) is 1.62. The van der Waals surface area contributed by atoms with Crippen LogP contribution in [0.4, 0.5) is 0 Å². The molecular formula is C9H10. The first-order valence-corrected chi connectivity index (χ1v) is 3.66. The summed E-state index contributed by atoms with van der Waals surface area (Å²) in [5, 5.41) is 0. The topological polar surface area (TPSA) is 0 Å². The van der Waals surface area contributed by atoms with Gasteiger partial charge in [0.15, 0.2) is 0 Å². The molecule has 2 aliphatic carbocycles. The molecule has 0 aliphatic heterocycles. The zero-order chi connectivity index (χ0) is 6.10. The molecule has 0 saturated carbocycles. The minimum absolute atomic E-state index is 1.11. The highest BCUT2D eigenvalue weighted by Crippen LogP contribution is 2.30. The van der Waals surface area contributed by atoms with Crippen LogP contribution in [-0.4, -0.2) is 0 Å². The maximum Gasteiger partial charge on any atom is 0.0130 e. The van der Waals surface area contributed by atoms with Gasteiger partial charge in [-0.1, -0.05) is 17.4 Å². The summed E-state index contributed by atoms with van der Waals surface area (Å²) in [7, 11) is 0. The van der Waals surface area contributed by atoms with Crippen LogP contribution in [-0.2, 0) is 0 Å². The van der Waals surface area contributed by atoms with E-state index in [1.54, 1.807) is 5.57 Å². The van der Waals surface area contributed by atoms with Crippen LogP contribution in [0.15, 0.2) is 11.1 Å². The van der Waals surface area contributed by atoms with E-state index in [4.69, 9.17) is 0 Å². The summed E-state index contributed by atoms with van der Waals surface area (Å²) in [5.74, 6) is 6.36. The van der Waals surface area contributed by atoms with Gasteiger partial charge < -0.3 is 0 Å². The van der Waals surface area contributed by atoms with Crippen molar-refractivity contribution in [2.75, 3.05) is 0 Å². The van der Waals surface area contributed by atoms with Crippen LogP contribution in [0.25, 0.3) is 0 Å². The first-order valence-electron chi connectivity index (χ1n) is 3.66. The standard InChI is InChI=1S/C9H10/c1-2-5-9-7-3-6-8(9)4-1/h1,3-4,6-7H2. The quantitative estimate of drug-likeness (QED) is 0.428. The van der Waals surface area contributed by atoms with Crippen LogP contribution in [0.1, 0.15) is 32.1 Å². The molecule has 0 bridgehead atoms. The summed E-state index contributed by atoms with van der Waals surface area (Å²) in [5.41, 5.74) is 3.13. The molecule has 0 spiro atoms. The Morgan fingerprint density at radius 2 is 2.11 bits per heavy atom. The van der Waals surface area contributed by atoms with E-state index in [1.165, 1.54) is 31.3 Å². The predicted molar refractivity (Wildman–Crippen MR) is 37.9 cm³/mol. The average molecular weight is 118 g/mol. The van der Waals surface area contributed by atoms with E-state index in [-0.39, 0.29) is 0 Å². The molecule has 0 aromatic carbocycles. The van der Waals surface area contributed by atoms with Crippen LogP contribution in [0.2, 0.25) is 0 Å². The average Bonchev–Trinajstić information content (AvgIpc) is 2.33. The van der Waals surface area contributed by atoms with Gasteiger partial charge in [0.25, 0.3) is 0 Å². The molecule has 0 radical (unpaired) electrons. The Bertz CT molecular complexity index is 210. The van der Waals surface area contributed by atoms with Gasteiger partial charge in [0.1, 0.15) is 0 Å². The lowest BCUT2D eigenvalue weighted by Crippen LogP contribution is -1.86. The Morgan fingerprint density at radius 3 is 3.00 bits per heavy atom. The lowest BCUT2D eigenvalue weighted by Gasteiger charge is -2.02. The van der Waals surface area contributed by atoms with Crippen molar-refractivity contribution in [2.24, 2.45) is 0 Å². The SMILES string of the molecule is C1#CC2=C(CC1)CCC2. The van der Waals surface area contributed by atoms with Crippen LogP contribution >= 0.6 is 0 Å². The van der Waals surface area contributed by atoms with Crippen molar-refractivity contribution in [3.05, 3.63) is 11.1 Å². The molecule has 0 amide bonds. The molecule has 0 fully saturated rings. The van der Waals surface area contributed by atoms with E-state index in [9.17, 15) is 0 Å². The lowest BCUT2D eigenvalue weighted by molar-refractivity contribution is 0.863. The minimum atomic E-state index is 1.11. The monoisotopic (exact) mass is 118 g/mol. The van der Waals surface area contributed by atoms with Gasteiger partial charge >= 0.3 is 0 Å². The summed E-state index contributed by atoms with van der Waals surface area (Å²) < 4.78 is 0. The fourth-order valence-corrected chi connectivity index (χ4v) is 1.62. The number of allylic oxidation sites excluding steroid dienone is 2. The molecule has 0 aromatic heterocycles. The number of rotatable bonds is 0. The Morgan fingerprint density at radius 1 is 1.11 bits per heavy atom. The smallest absolute Gasteiger partial charge is 0.0130 e. The van der Waals surface area contributed by atoms with Crippen molar-refractivity contribution in [3.8, 4) is 11.8 Å². The highest BCUT2D eigenvalue weighted by molar-refractivity contribution is 5.39. The van der Waals surface area contributed by atoms with Crippen molar-refractivity contribution in [1.29, 1.82) is 0 Å². The van der Waals surface area contributed by atoms with Gasteiger partial charge in [0, 0.05) is 12.0 Å². The van der Waals surface area contributed by atoms with Crippen molar-refractivity contribution in [1.82, 2.24) is 0 Å². The molecule has 0 heteroatoms. The van der Waals surface area contributed by atoms with E-state index < -0.39 is 0 Å².